The van der Waals surface area contributed by atoms with Crippen molar-refractivity contribution in [3.05, 3.63) is 30.0 Å². The molecule has 70 valence electrons. The van der Waals surface area contributed by atoms with Crippen LogP contribution in [0.2, 0.25) is 0 Å². The quantitative estimate of drug-likeness (QED) is 0.497. The molecule has 0 amide bonds. The van der Waals surface area contributed by atoms with E-state index >= 15 is 0 Å². The predicted molar refractivity (Wildman–Crippen MR) is 55.4 cm³/mol. The van der Waals surface area contributed by atoms with Crippen LogP contribution in [0.25, 0.3) is 10.9 Å². The Labute approximate surface area is 81.7 Å². The minimum absolute atomic E-state index is 0.682. The molecule has 0 aliphatic carbocycles. The van der Waals surface area contributed by atoms with Gasteiger partial charge in [-0.3, -0.25) is 0 Å². The van der Waals surface area contributed by atoms with Crippen LogP contribution in [0.5, 0.6) is 0 Å². The minimum atomic E-state index is 0.682. The van der Waals surface area contributed by atoms with E-state index in [2.05, 4.69) is 4.99 Å². The number of aliphatic imine (C=N–C) groups is 1. The average molecular weight is 186 g/mol. The fourth-order valence-electron chi connectivity index (χ4n) is 1.62. The minimum Gasteiger partial charge on any atom is -0.348 e. The summed E-state index contributed by atoms with van der Waals surface area (Å²) in [5.41, 5.74) is 2.91. The first-order valence-electron chi connectivity index (χ1n) is 4.36. The van der Waals surface area contributed by atoms with E-state index in [1.807, 2.05) is 42.9 Å². The molecule has 0 aliphatic heterocycles. The van der Waals surface area contributed by atoms with Gasteiger partial charge in [-0.1, -0.05) is 11.6 Å². The second-order valence-corrected chi connectivity index (χ2v) is 3.35. The second kappa shape index (κ2) is 3.13. The summed E-state index contributed by atoms with van der Waals surface area (Å²) in [5.74, 6) is 0. The summed E-state index contributed by atoms with van der Waals surface area (Å²) in [6.45, 7) is 2.01. The highest BCUT2D eigenvalue weighted by Gasteiger charge is 2.04. The summed E-state index contributed by atoms with van der Waals surface area (Å²) >= 11 is 0. The molecule has 14 heavy (non-hydrogen) atoms. The lowest BCUT2D eigenvalue weighted by atomic mass is 10.1. The van der Waals surface area contributed by atoms with Crippen molar-refractivity contribution in [3.8, 4) is 0 Å². The maximum absolute atomic E-state index is 10.2. The van der Waals surface area contributed by atoms with E-state index in [0.29, 0.717) is 5.69 Å². The molecule has 0 atom stereocenters. The van der Waals surface area contributed by atoms with Crippen molar-refractivity contribution in [1.29, 1.82) is 0 Å². The summed E-state index contributed by atoms with van der Waals surface area (Å²) in [6, 6.07) is 6.08. The van der Waals surface area contributed by atoms with Crippen LogP contribution >= 0.6 is 0 Å². The zero-order chi connectivity index (χ0) is 10.1. The second-order valence-electron chi connectivity index (χ2n) is 3.35. The molecule has 0 saturated carbocycles. The molecule has 0 radical (unpaired) electrons. The normalized spacial score (nSPS) is 10.1. The van der Waals surface area contributed by atoms with Gasteiger partial charge in [0, 0.05) is 18.6 Å². The Morgan fingerprint density at radius 3 is 2.93 bits per heavy atom. The van der Waals surface area contributed by atoms with Crippen LogP contribution in [0, 0.1) is 6.92 Å². The molecule has 1 aromatic heterocycles. The Morgan fingerprint density at radius 1 is 1.43 bits per heavy atom. The molecule has 3 heteroatoms. The maximum atomic E-state index is 10.2. The smallest absolute Gasteiger partial charge is 0.240 e. The molecule has 0 unspecified atom stereocenters. The van der Waals surface area contributed by atoms with Gasteiger partial charge in [-0.25, -0.2) is 4.79 Å². The molecule has 3 nitrogen and oxygen atoms in total. The molecule has 1 heterocycles. The van der Waals surface area contributed by atoms with E-state index < -0.39 is 0 Å². The lowest BCUT2D eigenvalue weighted by Gasteiger charge is -1.96. The van der Waals surface area contributed by atoms with Crippen molar-refractivity contribution >= 4 is 22.7 Å². The third-order valence-electron chi connectivity index (χ3n) is 2.29. The van der Waals surface area contributed by atoms with Crippen LogP contribution in [-0.4, -0.2) is 10.6 Å². The van der Waals surface area contributed by atoms with Crippen LogP contribution in [0.4, 0.5) is 5.69 Å². The first-order valence-corrected chi connectivity index (χ1v) is 4.36. The predicted octanol–water partition coefficient (Wildman–Crippen LogP) is 2.45. The van der Waals surface area contributed by atoms with Crippen molar-refractivity contribution in [2.24, 2.45) is 12.0 Å². The van der Waals surface area contributed by atoms with Gasteiger partial charge in [0.05, 0.1) is 5.52 Å². The summed E-state index contributed by atoms with van der Waals surface area (Å²) in [5, 5.41) is 0.996. The van der Waals surface area contributed by atoms with Crippen LogP contribution in [0.15, 0.2) is 29.4 Å². The summed E-state index contributed by atoms with van der Waals surface area (Å²) in [6.07, 6.45) is 3.40. The van der Waals surface area contributed by atoms with Gasteiger partial charge >= 0.3 is 0 Å². The number of aryl methyl sites for hydroxylation is 2. The number of aromatic nitrogens is 1. The summed E-state index contributed by atoms with van der Waals surface area (Å²) in [4.78, 5) is 13.9. The zero-order valence-electron chi connectivity index (χ0n) is 8.11. The van der Waals surface area contributed by atoms with E-state index in [1.165, 1.54) is 0 Å². The number of rotatable bonds is 1. The highest BCUT2D eigenvalue weighted by atomic mass is 16.1. The van der Waals surface area contributed by atoms with E-state index in [4.69, 9.17) is 0 Å². The largest absolute Gasteiger partial charge is 0.348 e. The van der Waals surface area contributed by atoms with Gasteiger partial charge in [0.25, 0.3) is 0 Å². The van der Waals surface area contributed by atoms with E-state index in [-0.39, 0.29) is 0 Å². The highest BCUT2D eigenvalue weighted by Crippen LogP contribution is 2.27. The Bertz CT molecular complexity index is 533. The first kappa shape index (κ1) is 8.73. The van der Waals surface area contributed by atoms with Gasteiger partial charge in [-0.05, 0) is 19.1 Å². The van der Waals surface area contributed by atoms with E-state index in [0.717, 1.165) is 16.5 Å². The third kappa shape index (κ3) is 1.24. The Morgan fingerprint density at radius 2 is 2.21 bits per heavy atom. The maximum Gasteiger partial charge on any atom is 0.240 e. The molecule has 0 saturated heterocycles. The van der Waals surface area contributed by atoms with E-state index in [9.17, 15) is 4.79 Å². The lowest BCUT2D eigenvalue weighted by molar-refractivity contribution is 0.565. The molecule has 0 spiro atoms. The van der Waals surface area contributed by atoms with Gasteiger partial charge in [0.1, 0.15) is 5.69 Å². The van der Waals surface area contributed by atoms with Crippen molar-refractivity contribution in [3.63, 3.8) is 0 Å². The Hall–Kier alpha value is -1.86. The van der Waals surface area contributed by atoms with Gasteiger partial charge in [0.15, 0.2) is 0 Å². The van der Waals surface area contributed by atoms with Crippen molar-refractivity contribution in [2.45, 2.75) is 6.92 Å². The fourth-order valence-corrected chi connectivity index (χ4v) is 1.62. The van der Waals surface area contributed by atoms with E-state index in [1.54, 1.807) is 6.08 Å². The number of nitrogens with zero attached hydrogens (tertiary/aromatic N) is 2. The summed E-state index contributed by atoms with van der Waals surface area (Å²) in [7, 11) is 1.93. The standard InChI is InChI=1S/C11H10N2O/c1-8-3-4-11-9(5-8)10(12-7-14)6-13(11)2/h3-6H,1-2H3. The number of hydrogen-bond acceptors (Lipinski definition) is 2. The van der Waals surface area contributed by atoms with Gasteiger partial charge in [0.2, 0.25) is 6.08 Å². The Balaban J connectivity index is 2.85. The molecule has 2 aromatic rings. The monoisotopic (exact) mass is 186 g/mol. The molecule has 0 N–H and O–H groups in total. The average Bonchev–Trinajstić information content (AvgIpc) is 2.44. The Kier molecular flexibility index (Phi) is 1.95. The van der Waals surface area contributed by atoms with Crippen LogP contribution in [0.3, 0.4) is 0 Å². The topological polar surface area (TPSA) is 34.4 Å². The molecule has 0 fully saturated rings. The highest BCUT2D eigenvalue weighted by molar-refractivity contribution is 5.92. The number of carbonyl (C=O) groups excluding carboxylic acids is 1. The van der Waals surface area contributed by atoms with Gasteiger partial charge in [-0.2, -0.15) is 4.99 Å². The number of hydrogen-bond donors (Lipinski definition) is 0. The van der Waals surface area contributed by atoms with Gasteiger partial charge in [-0.15, -0.1) is 0 Å². The van der Waals surface area contributed by atoms with Crippen LogP contribution in [0.1, 0.15) is 5.56 Å². The molecule has 1 aromatic carbocycles. The molecule has 0 aliphatic rings. The molecular formula is C11H10N2O. The number of benzene rings is 1. The lowest BCUT2D eigenvalue weighted by Crippen LogP contribution is -1.82. The van der Waals surface area contributed by atoms with Crippen molar-refractivity contribution in [1.82, 2.24) is 4.57 Å². The third-order valence-corrected chi connectivity index (χ3v) is 2.29. The van der Waals surface area contributed by atoms with Crippen LogP contribution in [-0.2, 0) is 11.8 Å². The van der Waals surface area contributed by atoms with Gasteiger partial charge < -0.3 is 4.57 Å². The summed E-state index contributed by atoms with van der Waals surface area (Å²) < 4.78 is 1.95. The number of isocyanates is 1. The van der Waals surface area contributed by atoms with Crippen molar-refractivity contribution < 1.29 is 4.79 Å². The zero-order valence-corrected chi connectivity index (χ0v) is 8.11. The number of fused-ring (bicyclic) bond motifs is 1. The molecule has 2 rings (SSSR count). The van der Waals surface area contributed by atoms with Crippen LogP contribution < -0.4 is 0 Å². The first-order chi connectivity index (χ1) is 6.72. The fraction of sp³-hybridized carbons (Fsp3) is 0.182. The SMILES string of the molecule is Cc1ccc2c(c1)c(N=C=O)cn2C. The molecular weight excluding hydrogens is 176 g/mol. The molecule has 0 bridgehead atoms. The van der Waals surface area contributed by atoms with Crippen molar-refractivity contribution in [2.75, 3.05) is 0 Å².